The molecule has 0 aliphatic heterocycles. The molecule has 0 aliphatic carbocycles. The molecule has 1 aromatic carbocycles. The van der Waals surface area contributed by atoms with E-state index < -0.39 is 0 Å². The zero-order valence-electron chi connectivity index (χ0n) is 12.3. The fourth-order valence-electron chi connectivity index (χ4n) is 2.43. The van der Waals surface area contributed by atoms with Crippen LogP contribution in [0.25, 0.3) is 0 Å². The van der Waals surface area contributed by atoms with Crippen molar-refractivity contribution in [3.05, 3.63) is 45.9 Å². The second-order valence-corrected chi connectivity index (χ2v) is 5.97. The number of nitrogens with one attached hydrogen (secondary N) is 1. The number of ether oxygens (including phenoxy) is 1. The van der Waals surface area contributed by atoms with Gasteiger partial charge in [0.05, 0.1) is 12.1 Å². The maximum absolute atomic E-state index is 5.45. The average Bonchev–Trinajstić information content (AvgIpc) is 2.85. The minimum atomic E-state index is 0.529. The van der Waals surface area contributed by atoms with Gasteiger partial charge >= 0.3 is 0 Å². The lowest BCUT2D eigenvalue weighted by Gasteiger charge is -2.17. The monoisotopic (exact) mass is 290 g/mol. The van der Waals surface area contributed by atoms with Crippen molar-refractivity contribution in [1.82, 2.24) is 10.3 Å². The Balaban J connectivity index is 2.08. The van der Waals surface area contributed by atoms with Crippen LogP contribution in [0.2, 0.25) is 0 Å². The largest absolute Gasteiger partial charge is 0.496 e. The van der Waals surface area contributed by atoms with Gasteiger partial charge in [0.2, 0.25) is 0 Å². The van der Waals surface area contributed by atoms with Crippen LogP contribution in [-0.4, -0.2) is 25.7 Å². The zero-order valence-corrected chi connectivity index (χ0v) is 13.2. The standard InChI is InChI=1S/C16H22N2OS/c1-12-11-20-16(18-12)9-13(10-17-2)8-14-6-4-5-7-15(14)19-3/h4-7,11,13,17H,8-10H2,1-3H3. The second-order valence-electron chi connectivity index (χ2n) is 5.03. The van der Waals surface area contributed by atoms with E-state index in [1.165, 1.54) is 10.6 Å². The van der Waals surface area contributed by atoms with Crippen molar-refractivity contribution in [3.63, 3.8) is 0 Å². The van der Waals surface area contributed by atoms with Gasteiger partial charge in [-0.15, -0.1) is 11.3 Å². The molecule has 1 unspecified atom stereocenters. The Morgan fingerprint density at radius 1 is 1.30 bits per heavy atom. The molecule has 1 aromatic heterocycles. The van der Waals surface area contributed by atoms with E-state index in [4.69, 9.17) is 4.74 Å². The molecule has 0 saturated carbocycles. The van der Waals surface area contributed by atoms with Crippen LogP contribution in [0.5, 0.6) is 5.75 Å². The molecule has 0 radical (unpaired) electrons. The van der Waals surface area contributed by atoms with Crippen LogP contribution in [0.4, 0.5) is 0 Å². The number of methoxy groups -OCH3 is 1. The maximum atomic E-state index is 5.45. The summed E-state index contributed by atoms with van der Waals surface area (Å²) in [5, 5.41) is 6.63. The highest BCUT2D eigenvalue weighted by molar-refractivity contribution is 7.09. The van der Waals surface area contributed by atoms with Crippen molar-refractivity contribution in [1.29, 1.82) is 0 Å². The Bertz CT molecular complexity index is 539. The molecule has 0 spiro atoms. The molecule has 0 saturated heterocycles. The number of benzene rings is 1. The Morgan fingerprint density at radius 3 is 2.75 bits per heavy atom. The van der Waals surface area contributed by atoms with Gasteiger partial charge in [0.1, 0.15) is 5.75 Å². The SMILES string of the molecule is CNCC(Cc1nc(C)cs1)Cc1ccccc1OC. The van der Waals surface area contributed by atoms with E-state index in [1.807, 2.05) is 26.1 Å². The first-order valence-electron chi connectivity index (χ1n) is 6.90. The molecule has 1 heterocycles. The van der Waals surface area contributed by atoms with Gasteiger partial charge in [0, 0.05) is 17.5 Å². The third-order valence-electron chi connectivity index (χ3n) is 3.32. The molecule has 0 fully saturated rings. The minimum Gasteiger partial charge on any atom is -0.496 e. The van der Waals surface area contributed by atoms with E-state index in [9.17, 15) is 0 Å². The van der Waals surface area contributed by atoms with Crippen molar-refractivity contribution in [2.45, 2.75) is 19.8 Å². The molecular weight excluding hydrogens is 268 g/mol. The molecule has 4 heteroatoms. The van der Waals surface area contributed by atoms with Crippen LogP contribution >= 0.6 is 11.3 Å². The van der Waals surface area contributed by atoms with Gasteiger partial charge in [-0.2, -0.15) is 0 Å². The first-order chi connectivity index (χ1) is 9.72. The van der Waals surface area contributed by atoms with Gasteiger partial charge in [0.25, 0.3) is 0 Å². The summed E-state index contributed by atoms with van der Waals surface area (Å²) in [6, 6.07) is 8.26. The summed E-state index contributed by atoms with van der Waals surface area (Å²) >= 11 is 1.75. The number of para-hydroxylation sites is 1. The minimum absolute atomic E-state index is 0.529. The number of hydrogen-bond donors (Lipinski definition) is 1. The summed E-state index contributed by atoms with van der Waals surface area (Å²) in [5.74, 6) is 1.51. The van der Waals surface area contributed by atoms with Crippen molar-refractivity contribution >= 4 is 11.3 Å². The van der Waals surface area contributed by atoms with Gasteiger partial charge in [0.15, 0.2) is 0 Å². The maximum Gasteiger partial charge on any atom is 0.122 e. The number of rotatable bonds is 7. The molecular formula is C16H22N2OS. The van der Waals surface area contributed by atoms with E-state index >= 15 is 0 Å². The quantitative estimate of drug-likeness (QED) is 0.851. The zero-order chi connectivity index (χ0) is 14.4. The third-order valence-corrected chi connectivity index (χ3v) is 4.31. The number of thiazole rings is 1. The Hall–Kier alpha value is -1.39. The molecule has 0 aliphatic rings. The molecule has 2 aromatic rings. The summed E-state index contributed by atoms with van der Waals surface area (Å²) in [5.41, 5.74) is 2.38. The first kappa shape index (κ1) is 15.0. The van der Waals surface area contributed by atoms with Crippen LogP contribution in [0.3, 0.4) is 0 Å². The first-order valence-corrected chi connectivity index (χ1v) is 7.78. The van der Waals surface area contributed by atoms with E-state index in [-0.39, 0.29) is 0 Å². The fourth-order valence-corrected chi connectivity index (χ4v) is 3.32. The van der Waals surface area contributed by atoms with Gasteiger partial charge in [-0.25, -0.2) is 4.98 Å². The van der Waals surface area contributed by atoms with Crippen molar-refractivity contribution in [2.75, 3.05) is 20.7 Å². The molecule has 1 atom stereocenters. The van der Waals surface area contributed by atoms with Crippen LogP contribution in [0.1, 0.15) is 16.3 Å². The Kier molecular flexibility index (Phi) is 5.56. The van der Waals surface area contributed by atoms with Crippen LogP contribution in [-0.2, 0) is 12.8 Å². The predicted octanol–water partition coefficient (Wildman–Crippen LogP) is 3.08. The van der Waals surface area contributed by atoms with Gasteiger partial charge < -0.3 is 10.1 Å². The Morgan fingerprint density at radius 2 is 2.10 bits per heavy atom. The molecule has 0 bridgehead atoms. The summed E-state index contributed by atoms with van der Waals surface area (Å²) in [7, 11) is 3.73. The predicted molar refractivity (Wildman–Crippen MR) is 84.7 cm³/mol. The van der Waals surface area contributed by atoms with E-state index in [0.29, 0.717) is 5.92 Å². The molecule has 3 nitrogen and oxygen atoms in total. The van der Waals surface area contributed by atoms with Gasteiger partial charge in [-0.05, 0) is 44.5 Å². The van der Waals surface area contributed by atoms with Crippen LogP contribution in [0, 0.1) is 12.8 Å². The number of aryl methyl sites for hydroxylation is 1. The molecule has 20 heavy (non-hydrogen) atoms. The molecule has 108 valence electrons. The van der Waals surface area contributed by atoms with E-state index in [2.05, 4.69) is 27.8 Å². The number of hydrogen-bond acceptors (Lipinski definition) is 4. The number of nitrogens with zero attached hydrogens (tertiary/aromatic N) is 1. The highest BCUT2D eigenvalue weighted by Crippen LogP contribution is 2.23. The van der Waals surface area contributed by atoms with Gasteiger partial charge in [-0.3, -0.25) is 0 Å². The lowest BCUT2D eigenvalue weighted by molar-refractivity contribution is 0.401. The normalized spacial score (nSPS) is 12.3. The number of aromatic nitrogens is 1. The van der Waals surface area contributed by atoms with Crippen LogP contribution < -0.4 is 10.1 Å². The van der Waals surface area contributed by atoms with Crippen molar-refractivity contribution < 1.29 is 4.74 Å². The van der Waals surface area contributed by atoms with E-state index in [1.54, 1.807) is 18.4 Å². The summed E-state index contributed by atoms with van der Waals surface area (Å²) < 4.78 is 5.45. The lowest BCUT2D eigenvalue weighted by atomic mass is 9.95. The smallest absolute Gasteiger partial charge is 0.122 e. The molecule has 1 N–H and O–H groups in total. The summed E-state index contributed by atoms with van der Waals surface area (Å²) in [6.45, 7) is 3.03. The Labute approximate surface area is 125 Å². The molecule has 0 amide bonds. The topological polar surface area (TPSA) is 34.2 Å². The second kappa shape index (κ2) is 7.41. The fraction of sp³-hybridized carbons (Fsp3) is 0.438. The van der Waals surface area contributed by atoms with Crippen molar-refractivity contribution in [2.24, 2.45) is 5.92 Å². The van der Waals surface area contributed by atoms with Crippen LogP contribution in [0.15, 0.2) is 29.6 Å². The summed E-state index contributed by atoms with van der Waals surface area (Å²) in [6.07, 6.45) is 2.01. The third kappa shape index (κ3) is 4.05. The van der Waals surface area contributed by atoms with Gasteiger partial charge in [-0.1, -0.05) is 18.2 Å². The average molecular weight is 290 g/mol. The molecule has 2 rings (SSSR count). The summed E-state index contributed by atoms with van der Waals surface area (Å²) in [4.78, 5) is 4.58. The highest BCUT2D eigenvalue weighted by Gasteiger charge is 2.14. The lowest BCUT2D eigenvalue weighted by Crippen LogP contribution is -2.23. The highest BCUT2D eigenvalue weighted by atomic mass is 32.1. The van der Waals surface area contributed by atoms with Crippen molar-refractivity contribution in [3.8, 4) is 5.75 Å². The van der Waals surface area contributed by atoms with E-state index in [0.717, 1.165) is 30.8 Å².